The summed E-state index contributed by atoms with van der Waals surface area (Å²) < 4.78 is 12.3. The Labute approximate surface area is 122 Å². The number of hydrogen-bond acceptors (Lipinski definition) is 3. The lowest BCUT2D eigenvalue weighted by atomic mass is 9.84. The van der Waals surface area contributed by atoms with Gasteiger partial charge in [-0.2, -0.15) is 0 Å². The van der Waals surface area contributed by atoms with Crippen LogP contribution < -0.4 is 10.1 Å². The van der Waals surface area contributed by atoms with Crippen LogP contribution in [0, 0.1) is 0 Å². The number of benzene rings is 1. The van der Waals surface area contributed by atoms with E-state index in [-0.39, 0.29) is 5.41 Å². The highest BCUT2D eigenvalue weighted by atomic mass is 79.9. The zero-order valence-corrected chi connectivity index (χ0v) is 13.6. The van der Waals surface area contributed by atoms with Gasteiger partial charge in [-0.3, -0.25) is 0 Å². The third kappa shape index (κ3) is 2.65. The van der Waals surface area contributed by atoms with Crippen LogP contribution in [-0.2, 0) is 12.0 Å². The van der Waals surface area contributed by atoms with E-state index in [2.05, 4.69) is 42.0 Å². The van der Waals surface area contributed by atoms with Crippen LogP contribution >= 0.6 is 15.9 Å². The molecule has 0 bridgehead atoms. The summed E-state index contributed by atoms with van der Waals surface area (Å²) in [7, 11) is 3.61. The summed E-state index contributed by atoms with van der Waals surface area (Å²) in [6.45, 7) is 7.31. The van der Waals surface area contributed by atoms with Gasteiger partial charge >= 0.3 is 0 Å². The SMILES string of the molecule is CNCc1oc2c(Br)cc(OC)cc2c1C(C)(C)C. The van der Waals surface area contributed by atoms with Crippen molar-refractivity contribution in [3.8, 4) is 5.75 Å². The first-order valence-corrected chi connectivity index (χ1v) is 7.11. The van der Waals surface area contributed by atoms with Crippen molar-refractivity contribution < 1.29 is 9.15 Å². The molecule has 1 N–H and O–H groups in total. The van der Waals surface area contributed by atoms with Crippen molar-refractivity contribution in [3.63, 3.8) is 0 Å². The Balaban J connectivity index is 2.79. The molecule has 0 radical (unpaired) electrons. The summed E-state index contributed by atoms with van der Waals surface area (Å²) in [6, 6.07) is 3.98. The zero-order chi connectivity index (χ0) is 14.2. The molecule has 0 saturated carbocycles. The number of fused-ring (bicyclic) bond motifs is 1. The van der Waals surface area contributed by atoms with Gasteiger partial charge in [0.1, 0.15) is 17.1 Å². The molecule has 19 heavy (non-hydrogen) atoms. The van der Waals surface area contributed by atoms with E-state index >= 15 is 0 Å². The second-order valence-corrected chi connectivity index (χ2v) is 6.52. The van der Waals surface area contributed by atoms with E-state index in [4.69, 9.17) is 9.15 Å². The smallest absolute Gasteiger partial charge is 0.149 e. The highest BCUT2D eigenvalue weighted by Gasteiger charge is 2.26. The number of hydrogen-bond donors (Lipinski definition) is 1. The summed E-state index contributed by atoms with van der Waals surface area (Å²) in [6.07, 6.45) is 0. The lowest BCUT2D eigenvalue weighted by molar-refractivity contribution is 0.415. The van der Waals surface area contributed by atoms with E-state index in [1.165, 1.54) is 5.56 Å². The Bertz CT molecular complexity index is 596. The van der Waals surface area contributed by atoms with Gasteiger partial charge in [0.05, 0.1) is 18.1 Å². The number of furan rings is 1. The fraction of sp³-hybridized carbons (Fsp3) is 0.467. The second kappa shape index (κ2) is 5.17. The molecule has 0 aliphatic rings. The summed E-state index contributed by atoms with van der Waals surface area (Å²) in [5.41, 5.74) is 2.14. The molecule has 4 heteroatoms. The van der Waals surface area contributed by atoms with Gasteiger partial charge in [-0.05, 0) is 40.5 Å². The Hall–Kier alpha value is -1.00. The van der Waals surface area contributed by atoms with Crippen molar-refractivity contribution in [2.45, 2.75) is 32.7 Å². The third-order valence-electron chi connectivity index (χ3n) is 3.11. The molecule has 0 unspecified atom stereocenters. The minimum absolute atomic E-state index is 0.0171. The maximum atomic E-state index is 6.03. The second-order valence-electron chi connectivity index (χ2n) is 5.67. The van der Waals surface area contributed by atoms with Crippen molar-refractivity contribution in [3.05, 3.63) is 27.9 Å². The quantitative estimate of drug-likeness (QED) is 0.917. The average molecular weight is 326 g/mol. The van der Waals surface area contributed by atoms with Crippen LogP contribution in [0.15, 0.2) is 21.0 Å². The lowest BCUT2D eigenvalue weighted by Gasteiger charge is -2.19. The van der Waals surface area contributed by atoms with Crippen LogP contribution in [0.1, 0.15) is 32.1 Å². The molecule has 0 atom stereocenters. The predicted octanol–water partition coefficient (Wildman–Crippen LogP) is 4.22. The van der Waals surface area contributed by atoms with E-state index in [1.807, 2.05) is 19.2 Å². The maximum absolute atomic E-state index is 6.03. The molecule has 1 aromatic carbocycles. The third-order valence-corrected chi connectivity index (χ3v) is 3.70. The molecular weight excluding hydrogens is 306 g/mol. The van der Waals surface area contributed by atoms with E-state index in [0.29, 0.717) is 0 Å². The monoisotopic (exact) mass is 325 g/mol. The molecule has 104 valence electrons. The van der Waals surface area contributed by atoms with Crippen molar-refractivity contribution >= 4 is 26.9 Å². The van der Waals surface area contributed by atoms with Crippen LogP contribution in [0.5, 0.6) is 5.75 Å². The molecule has 1 aromatic heterocycles. The van der Waals surface area contributed by atoms with E-state index in [0.717, 1.165) is 33.5 Å². The number of rotatable bonds is 3. The van der Waals surface area contributed by atoms with Gasteiger partial charge in [0, 0.05) is 10.9 Å². The lowest BCUT2D eigenvalue weighted by Crippen LogP contribution is -2.15. The molecule has 0 aliphatic carbocycles. The topological polar surface area (TPSA) is 34.4 Å². The van der Waals surface area contributed by atoms with Crippen LogP contribution in [0.2, 0.25) is 0 Å². The Kier molecular flexibility index (Phi) is 3.92. The van der Waals surface area contributed by atoms with Crippen molar-refractivity contribution in [2.24, 2.45) is 0 Å². The van der Waals surface area contributed by atoms with Gasteiger partial charge < -0.3 is 14.5 Å². The van der Waals surface area contributed by atoms with E-state index < -0.39 is 0 Å². The molecule has 0 amide bonds. The maximum Gasteiger partial charge on any atom is 0.149 e. The molecule has 2 rings (SSSR count). The molecule has 2 aromatic rings. The van der Waals surface area contributed by atoms with Gasteiger partial charge in [-0.15, -0.1) is 0 Å². The molecule has 0 spiro atoms. The first kappa shape index (κ1) is 14.4. The fourth-order valence-electron chi connectivity index (χ4n) is 2.41. The van der Waals surface area contributed by atoms with E-state index in [9.17, 15) is 0 Å². The summed E-state index contributed by atoms with van der Waals surface area (Å²) in [4.78, 5) is 0. The number of nitrogens with one attached hydrogen (secondary N) is 1. The normalized spacial score (nSPS) is 12.1. The summed E-state index contributed by atoms with van der Waals surface area (Å²) in [5, 5.41) is 4.28. The van der Waals surface area contributed by atoms with Gasteiger partial charge in [0.25, 0.3) is 0 Å². The van der Waals surface area contributed by atoms with Crippen molar-refractivity contribution in [1.82, 2.24) is 5.32 Å². The molecule has 1 heterocycles. The average Bonchev–Trinajstić information content (AvgIpc) is 2.67. The van der Waals surface area contributed by atoms with Crippen LogP contribution in [0.4, 0.5) is 0 Å². The number of ether oxygens (including phenoxy) is 1. The number of halogens is 1. The van der Waals surface area contributed by atoms with Crippen molar-refractivity contribution in [2.75, 3.05) is 14.2 Å². The highest BCUT2D eigenvalue weighted by Crippen LogP contribution is 2.40. The molecule has 0 aliphatic heterocycles. The van der Waals surface area contributed by atoms with Gasteiger partial charge in [-0.1, -0.05) is 20.8 Å². The Morgan fingerprint density at radius 1 is 1.32 bits per heavy atom. The minimum Gasteiger partial charge on any atom is -0.497 e. The van der Waals surface area contributed by atoms with Crippen LogP contribution in [-0.4, -0.2) is 14.2 Å². The summed E-state index contributed by atoms with van der Waals surface area (Å²) in [5.74, 6) is 1.82. The fourth-order valence-corrected chi connectivity index (χ4v) is 2.93. The van der Waals surface area contributed by atoms with Crippen LogP contribution in [0.25, 0.3) is 11.0 Å². The molecule has 0 fully saturated rings. The Morgan fingerprint density at radius 3 is 2.53 bits per heavy atom. The van der Waals surface area contributed by atoms with Gasteiger partial charge in [0.15, 0.2) is 0 Å². The zero-order valence-electron chi connectivity index (χ0n) is 12.1. The standard InChI is InChI=1S/C15H20BrNO2/c1-15(2,3)13-10-6-9(18-5)7-11(16)14(10)19-12(13)8-17-4/h6-7,17H,8H2,1-5H3. The molecular formula is C15H20BrNO2. The largest absolute Gasteiger partial charge is 0.497 e. The van der Waals surface area contributed by atoms with E-state index in [1.54, 1.807) is 7.11 Å². The predicted molar refractivity (Wildman–Crippen MR) is 81.9 cm³/mol. The first-order chi connectivity index (χ1) is 8.88. The molecule has 3 nitrogen and oxygen atoms in total. The van der Waals surface area contributed by atoms with Crippen molar-refractivity contribution in [1.29, 1.82) is 0 Å². The summed E-state index contributed by atoms with van der Waals surface area (Å²) >= 11 is 3.56. The highest BCUT2D eigenvalue weighted by molar-refractivity contribution is 9.10. The minimum atomic E-state index is 0.0171. The van der Waals surface area contributed by atoms with Gasteiger partial charge in [-0.25, -0.2) is 0 Å². The molecule has 0 saturated heterocycles. The number of methoxy groups -OCH3 is 1. The first-order valence-electron chi connectivity index (χ1n) is 6.32. The Morgan fingerprint density at radius 2 is 2.00 bits per heavy atom. The van der Waals surface area contributed by atoms with Gasteiger partial charge in [0.2, 0.25) is 0 Å². The van der Waals surface area contributed by atoms with Crippen LogP contribution in [0.3, 0.4) is 0 Å².